The first-order valence-electron chi connectivity index (χ1n) is 4.10. The van der Waals surface area contributed by atoms with Crippen LogP contribution in [0.2, 0.25) is 0 Å². The number of carbonyl (C=O) groups is 1. The van der Waals surface area contributed by atoms with Crippen LogP contribution in [0.4, 0.5) is 8.78 Å². The van der Waals surface area contributed by atoms with E-state index < -0.39 is 24.2 Å². The molecule has 5 heteroatoms. The molecule has 0 radical (unpaired) electrons. The first-order valence-corrected chi connectivity index (χ1v) is 4.10. The van der Waals surface area contributed by atoms with E-state index in [-0.39, 0.29) is 0 Å². The number of ether oxygens (including phenoxy) is 1. The molecule has 0 saturated heterocycles. The van der Waals surface area contributed by atoms with Gasteiger partial charge in [0.2, 0.25) is 0 Å². The van der Waals surface area contributed by atoms with Crippen LogP contribution in [0.25, 0.3) is 0 Å². The average molecular weight is 218 g/mol. The molecule has 15 heavy (non-hydrogen) atoms. The molecule has 0 fully saturated rings. The lowest BCUT2D eigenvalue weighted by Crippen LogP contribution is -2.04. The number of carbonyl (C=O) groups excluding carboxylic acids is 1. The summed E-state index contributed by atoms with van der Waals surface area (Å²) in [5, 5.41) is 7.86. The Morgan fingerprint density at radius 2 is 2.00 bits per heavy atom. The minimum Gasteiger partial charge on any atom is -0.467 e. The minimum absolute atomic E-state index is 0.531. The van der Waals surface area contributed by atoms with Crippen molar-refractivity contribution in [1.29, 1.82) is 0 Å². The molecular weight excluding hydrogens is 206 g/mol. The summed E-state index contributed by atoms with van der Waals surface area (Å²) in [5.41, 5.74) is 0.730. The van der Waals surface area contributed by atoms with Crippen LogP contribution in [0, 0.1) is 18.6 Å². The molecule has 0 unspecified atom stereocenters. The Labute approximate surface area is 86.3 Å². The predicted molar refractivity (Wildman–Crippen MR) is 50.2 cm³/mol. The topological polar surface area (TPSA) is 46.5 Å². The largest absolute Gasteiger partial charge is 0.467 e. The maximum absolute atomic E-state index is 12.2. The van der Waals surface area contributed by atoms with Crippen molar-refractivity contribution in [2.24, 2.45) is 0 Å². The lowest BCUT2D eigenvalue weighted by Gasteiger charge is -1.91. The first kappa shape index (κ1) is 13.5. The molecule has 84 valence electrons. The standard InChI is InChI=1S/C7H6F2.C3H6O3/c1-5-2-3-6(8)7(9)4-5;1-6-3(5)2-4/h2-4H,1H3;4H,2H2,1H3. The lowest BCUT2D eigenvalue weighted by atomic mass is 10.2. The van der Waals surface area contributed by atoms with E-state index in [2.05, 4.69) is 4.74 Å². The number of aliphatic hydroxyl groups is 1. The molecule has 1 aromatic carbocycles. The van der Waals surface area contributed by atoms with Gasteiger partial charge in [-0.2, -0.15) is 0 Å². The third-order valence-electron chi connectivity index (χ3n) is 1.43. The summed E-state index contributed by atoms with van der Waals surface area (Å²) in [6.07, 6.45) is 0. The third kappa shape index (κ3) is 5.74. The second-order valence-electron chi connectivity index (χ2n) is 2.65. The molecule has 0 amide bonds. The van der Waals surface area contributed by atoms with E-state index in [1.165, 1.54) is 13.2 Å². The van der Waals surface area contributed by atoms with Crippen LogP contribution in [-0.2, 0) is 9.53 Å². The summed E-state index contributed by atoms with van der Waals surface area (Å²) in [7, 11) is 1.22. The first-order chi connectivity index (χ1) is 7.01. The van der Waals surface area contributed by atoms with Gasteiger partial charge in [-0.15, -0.1) is 0 Å². The number of rotatable bonds is 1. The number of halogens is 2. The van der Waals surface area contributed by atoms with Gasteiger partial charge in [-0.05, 0) is 24.6 Å². The fourth-order valence-corrected chi connectivity index (χ4v) is 0.666. The van der Waals surface area contributed by atoms with E-state index in [4.69, 9.17) is 5.11 Å². The quantitative estimate of drug-likeness (QED) is 0.725. The molecule has 1 aromatic rings. The Morgan fingerprint density at radius 3 is 2.27 bits per heavy atom. The van der Waals surface area contributed by atoms with Crippen molar-refractivity contribution in [3.8, 4) is 0 Å². The molecule has 1 rings (SSSR count). The number of benzene rings is 1. The average Bonchev–Trinajstić information content (AvgIpc) is 2.23. The number of hydrogen-bond acceptors (Lipinski definition) is 3. The van der Waals surface area contributed by atoms with Gasteiger partial charge < -0.3 is 9.84 Å². The SMILES string of the molecule is COC(=O)CO.Cc1ccc(F)c(F)c1. The second kappa shape index (κ2) is 6.89. The molecule has 0 atom stereocenters. The summed E-state index contributed by atoms with van der Waals surface area (Å²) in [6, 6.07) is 3.80. The van der Waals surface area contributed by atoms with Crippen LogP contribution >= 0.6 is 0 Å². The Kier molecular flexibility index (Phi) is 6.21. The predicted octanol–water partition coefficient (Wildman–Crippen LogP) is 1.42. The lowest BCUT2D eigenvalue weighted by molar-refractivity contribution is -0.143. The maximum Gasteiger partial charge on any atom is 0.331 e. The Bertz CT molecular complexity index is 320. The summed E-state index contributed by atoms with van der Waals surface area (Å²) >= 11 is 0. The van der Waals surface area contributed by atoms with Crippen LogP contribution in [-0.4, -0.2) is 24.8 Å². The number of aryl methyl sites for hydroxylation is 1. The molecule has 0 aromatic heterocycles. The van der Waals surface area contributed by atoms with Crippen LogP contribution in [0.5, 0.6) is 0 Å². The summed E-state index contributed by atoms with van der Waals surface area (Å²) < 4.78 is 28.3. The Morgan fingerprint density at radius 1 is 1.40 bits per heavy atom. The van der Waals surface area contributed by atoms with Crippen molar-refractivity contribution in [2.75, 3.05) is 13.7 Å². The van der Waals surface area contributed by atoms with Crippen molar-refractivity contribution >= 4 is 5.97 Å². The molecule has 0 bridgehead atoms. The van der Waals surface area contributed by atoms with Gasteiger partial charge in [-0.25, -0.2) is 13.6 Å². The highest BCUT2D eigenvalue weighted by molar-refractivity contribution is 5.70. The zero-order valence-electron chi connectivity index (χ0n) is 8.46. The maximum atomic E-state index is 12.2. The molecule has 0 heterocycles. The van der Waals surface area contributed by atoms with Gasteiger partial charge in [0.25, 0.3) is 0 Å². The highest BCUT2D eigenvalue weighted by Gasteiger charge is 1.97. The van der Waals surface area contributed by atoms with Crippen molar-refractivity contribution in [3.63, 3.8) is 0 Å². The molecule has 3 nitrogen and oxygen atoms in total. The van der Waals surface area contributed by atoms with Gasteiger partial charge in [0.1, 0.15) is 6.61 Å². The number of methoxy groups -OCH3 is 1. The van der Waals surface area contributed by atoms with Crippen molar-refractivity contribution in [2.45, 2.75) is 6.92 Å². The van der Waals surface area contributed by atoms with Crippen LogP contribution in [0.3, 0.4) is 0 Å². The molecule has 0 aliphatic rings. The van der Waals surface area contributed by atoms with Crippen molar-refractivity contribution < 1.29 is 23.4 Å². The van der Waals surface area contributed by atoms with E-state index in [0.29, 0.717) is 0 Å². The molecule has 0 spiro atoms. The van der Waals surface area contributed by atoms with Crippen LogP contribution in [0.15, 0.2) is 18.2 Å². The smallest absolute Gasteiger partial charge is 0.331 e. The molecule has 0 aliphatic carbocycles. The van der Waals surface area contributed by atoms with E-state index in [1.54, 1.807) is 6.92 Å². The molecular formula is C10H12F2O3. The van der Waals surface area contributed by atoms with Gasteiger partial charge in [-0.1, -0.05) is 6.07 Å². The molecule has 0 aliphatic heterocycles. The minimum atomic E-state index is -0.791. The number of aliphatic hydroxyl groups excluding tert-OH is 1. The highest BCUT2D eigenvalue weighted by Crippen LogP contribution is 2.06. The van der Waals surface area contributed by atoms with Crippen molar-refractivity contribution in [3.05, 3.63) is 35.4 Å². The monoisotopic (exact) mass is 218 g/mol. The number of esters is 1. The molecule has 0 saturated carbocycles. The van der Waals surface area contributed by atoms with Crippen LogP contribution in [0.1, 0.15) is 5.56 Å². The number of hydrogen-bond donors (Lipinski definition) is 1. The van der Waals surface area contributed by atoms with Gasteiger partial charge in [0, 0.05) is 0 Å². The van der Waals surface area contributed by atoms with Gasteiger partial charge in [0.05, 0.1) is 7.11 Å². The van der Waals surface area contributed by atoms with Crippen LogP contribution < -0.4 is 0 Å². The fraction of sp³-hybridized carbons (Fsp3) is 0.300. The van der Waals surface area contributed by atoms with Gasteiger partial charge in [-0.3, -0.25) is 0 Å². The van der Waals surface area contributed by atoms with E-state index in [0.717, 1.165) is 17.7 Å². The van der Waals surface area contributed by atoms with Crippen molar-refractivity contribution in [1.82, 2.24) is 0 Å². The normalized spacial score (nSPS) is 8.87. The Hall–Kier alpha value is -1.49. The Balaban J connectivity index is 0.000000288. The third-order valence-corrected chi connectivity index (χ3v) is 1.43. The molecule has 1 N–H and O–H groups in total. The summed E-state index contributed by atoms with van der Waals surface area (Å²) in [6.45, 7) is 1.18. The van der Waals surface area contributed by atoms with Gasteiger partial charge >= 0.3 is 5.97 Å². The zero-order chi connectivity index (χ0) is 11.8. The van der Waals surface area contributed by atoms with E-state index >= 15 is 0 Å². The van der Waals surface area contributed by atoms with E-state index in [1.807, 2.05) is 0 Å². The summed E-state index contributed by atoms with van der Waals surface area (Å²) in [4.78, 5) is 9.71. The van der Waals surface area contributed by atoms with E-state index in [9.17, 15) is 13.6 Å². The zero-order valence-corrected chi connectivity index (χ0v) is 8.46. The highest BCUT2D eigenvalue weighted by atomic mass is 19.2. The second-order valence-corrected chi connectivity index (χ2v) is 2.65. The fourth-order valence-electron chi connectivity index (χ4n) is 0.666. The van der Waals surface area contributed by atoms with Gasteiger partial charge in [0.15, 0.2) is 11.6 Å². The summed E-state index contributed by atoms with van der Waals surface area (Å²) in [5.74, 6) is -2.18.